The summed E-state index contributed by atoms with van der Waals surface area (Å²) in [6, 6.07) is 9.07. The van der Waals surface area contributed by atoms with Gasteiger partial charge < -0.3 is 15.5 Å². The van der Waals surface area contributed by atoms with Crippen LogP contribution in [-0.2, 0) is 4.79 Å². The van der Waals surface area contributed by atoms with E-state index in [0.29, 0.717) is 5.69 Å². The molecule has 26 heavy (non-hydrogen) atoms. The summed E-state index contributed by atoms with van der Waals surface area (Å²) in [6.07, 6.45) is 7.81. The first-order valence-corrected chi connectivity index (χ1v) is 9.82. The van der Waals surface area contributed by atoms with Crippen molar-refractivity contribution >= 4 is 40.7 Å². The van der Waals surface area contributed by atoms with Crippen LogP contribution in [0.5, 0.6) is 0 Å². The minimum Gasteiger partial charge on any atom is -0.325 e. The Morgan fingerprint density at radius 2 is 1.58 bits per heavy atom. The van der Waals surface area contributed by atoms with Gasteiger partial charge in [0, 0.05) is 30.5 Å². The van der Waals surface area contributed by atoms with Crippen LogP contribution in [0.25, 0.3) is 6.08 Å². The van der Waals surface area contributed by atoms with Gasteiger partial charge in [-0.2, -0.15) is 11.3 Å². The van der Waals surface area contributed by atoms with Gasteiger partial charge in [-0.25, -0.2) is 4.79 Å². The van der Waals surface area contributed by atoms with Crippen molar-refractivity contribution in [2.75, 3.05) is 23.7 Å². The monoisotopic (exact) mass is 369 g/mol. The third kappa shape index (κ3) is 5.46. The molecule has 2 heterocycles. The molecule has 5 nitrogen and oxygen atoms in total. The molecule has 0 saturated carbocycles. The quantitative estimate of drug-likeness (QED) is 0.760. The molecular weight excluding hydrogens is 346 g/mol. The number of carbonyl (C=O) groups is 2. The van der Waals surface area contributed by atoms with Crippen LogP contribution in [0.3, 0.4) is 0 Å². The zero-order valence-corrected chi connectivity index (χ0v) is 15.4. The Labute approximate surface area is 157 Å². The maximum Gasteiger partial charge on any atom is 0.321 e. The molecule has 1 aromatic carbocycles. The Hall–Kier alpha value is -2.60. The number of rotatable bonds is 4. The van der Waals surface area contributed by atoms with E-state index in [1.807, 2.05) is 21.7 Å². The van der Waals surface area contributed by atoms with Crippen LogP contribution < -0.4 is 10.6 Å². The first kappa shape index (κ1) is 18.2. The number of urea groups is 1. The van der Waals surface area contributed by atoms with Crippen LogP contribution in [0.15, 0.2) is 47.2 Å². The molecule has 1 aromatic heterocycles. The van der Waals surface area contributed by atoms with Crippen molar-refractivity contribution in [3.05, 3.63) is 52.7 Å². The predicted molar refractivity (Wildman–Crippen MR) is 107 cm³/mol. The highest BCUT2D eigenvalue weighted by molar-refractivity contribution is 7.08. The van der Waals surface area contributed by atoms with Gasteiger partial charge in [-0.1, -0.05) is 12.8 Å². The van der Waals surface area contributed by atoms with E-state index >= 15 is 0 Å². The summed E-state index contributed by atoms with van der Waals surface area (Å²) in [4.78, 5) is 26.1. The van der Waals surface area contributed by atoms with Crippen LogP contribution in [-0.4, -0.2) is 29.9 Å². The molecule has 0 aliphatic carbocycles. The summed E-state index contributed by atoms with van der Waals surface area (Å²) < 4.78 is 0. The Morgan fingerprint density at radius 1 is 0.923 bits per heavy atom. The Balaban J connectivity index is 1.51. The zero-order valence-electron chi connectivity index (χ0n) is 14.6. The van der Waals surface area contributed by atoms with E-state index in [-0.39, 0.29) is 11.9 Å². The maximum atomic E-state index is 12.3. The highest BCUT2D eigenvalue weighted by Gasteiger charge is 2.15. The summed E-state index contributed by atoms with van der Waals surface area (Å²) >= 11 is 1.59. The van der Waals surface area contributed by atoms with Gasteiger partial charge in [-0.05, 0) is 65.6 Å². The fourth-order valence-corrected chi connectivity index (χ4v) is 3.47. The minimum atomic E-state index is -0.183. The fraction of sp³-hybridized carbons (Fsp3) is 0.300. The van der Waals surface area contributed by atoms with Crippen LogP contribution in [0.4, 0.5) is 16.2 Å². The smallest absolute Gasteiger partial charge is 0.321 e. The minimum absolute atomic E-state index is 0.0534. The molecular formula is C20H23N3O2S. The number of nitrogens with zero attached hydrogens (tertiary/aromatic N) is 1. The molecule has 2 aromatic rings. The second kappa shape index (κ2) is 9.20. The molecule has 1 saturated heterocycles. The van der Waals surface area contributed by atoms with Gasteiger partial charge in [0.2, 0.25) is 5.91 Å². The Kier molecular flexibility index (Phi) is 6.44. The molecule has 6 heteroatoms. The average Bonchev–Trinajstić information content (AvgIpc) is 3.01. The Morgan fingerprint density at radius 3 is 2.19 bits per heavy atom. The molecule has 3 amide bonds. The van der Waals surface area contributed by atoms with E-state index in [0.717, 1.165) is 37.2 Å². The second-order valence-corrected chi connectivity index (χ2v) is 7.07. The Bertz CT molecular complexity index is 746. The molecule has 0 atom stereocenters. The van der Waals surface area contributed by atoms with Crippen LogP contribution in [0.2, 0.25) is 0 Å². The third-order valence-corrected chi connectivity index (χ3v) is 4.97. The van der Waals surface area contributed by atoms with E-state index in [4.69, 9.17) is 0 Å². The number of anilines is 2. The molecule has 1 aliphatic rings. The SMILES string of the molecule is O=C(/C=C/c1ccsc1)Nc1ccc(NC(=O)N2CCCCCC2)cc1. The number of hydrogen-bond acceptors (Lipinski definition) is 3. The van der Waals surface area contributed by atoms with E-state index in [1.54, 1.807) is 41.7 Å². The summed E-state index contributed by atoms with van der Waals surface area (Å²) in [6.45, 7) is 1.63. The highest BCUT2D eigenvalue weighted by atomic mass is 32.1. The standard InChI is InChI=1S/C20H23N3O2S/c24-19(10-5-16-11-14-26-15-16)21-17-6-8-18(9-7-17)22-20(25)23-12-3-1-2-4-13-23/h5-11,14-15H,1-4,12-13H2,(H,21,24)(H,22,25)/b10-5+. The summed E-state index contributed by atoms with van der Waals surface area (Å²) in [5, 5.41) is 9.68. The average molecular weight is 369 g/mol. The van der Waals surface area contributed by atoms with Crippen molar-refractivity contribution in [1.29, 1.82) is 0 Å². The molecule has 0 bridgehead atoms. The number of hydrogen-bond donors (Lipinski definition) is 2. The van der Waals surface area contributed by atoms with E-state index in [2.05, 4.69) is 10.6 Å². The summed E-state index contributed by atoms with van der Waals surface area (Å²) in [5.41, 5.74) is 2.43. The number of carbonyl (C=O) groups excluding carboxylic acids is 2. The van der Waals surface area contributed by atoms with E-state index in [9.17, 15) is 9.59 Å². The van der Waals surface area contributed by atoms with Crippen molar-refractivity contribution < 1.29 is 9.59 Å². The number of likely N-dealkylation sites (tertiary alicyclic amines) is 1. The van der Waals surface area contributed by atoms with Crippen molar-refractivity contribution in [3.8, 4) is 0 Å². The van der Waals surface area contributed by atoms with Crippen molar-refractivity contribution in [2.24, 2.45) is 0 Å². The number of amides is 3. The molecule has 1 aliphatic heterocycles. The lowest BCUT2D eigenvalue weighted by Gasteiger charge is -2.20. The summed E-state index contributed by atoms with van der Waals surface area (Å²) in [5.74, 6) is -0.183. The number of thiophene rings is 1. The highest BCUT2D eigenvalue weighted by Crippen LogP contribution is 2.16. The fourth-order valence-electron chi connectivity index (χ4n) is 2.84. The summed E-state index contributed by atoms with van der Waals surface area (Å²) in [7, 11) is 0. The number of nitrogens with one attached hydrogen (secondary N) is 2. The molecule has 0 spiro atoms. The van der Waals surface area contributed by atoms with Gasteiger partial charge in [0.1, 0.15) is 0 Å². The maximum absolute atomic E-state index is 12.3. The molecule has 3 rings (SSSR count). The van der Waals surface area contributed by atoms with Gasteiger partial charge in [-0.15, -0.1) is 0 Å². The normalized spacial score (nSPS) is 14.8. The third-order valence-electron chi connectivity index (χ3n) is 4.27. The molecule has 2 N–H and O–H groups in total. The predicted octanol–water partition coefficient (Wildman–Crippen LogP) is 4.81. The zero-order chi connectivity index (χ0) is 18.2. The van der Waals surface area contributed by atoms with Crippen molar-refractivity contribution in [3.63, 3.8) is 0 Å². The lowest BCUT2D eigenvalue weighted by molar-refractivity contribution is -0.111. The van der Waals surface area contributed by atoms with Crippen LogP contribution >= 0.6 is 11.3 Å². The van der Waals surface area contributed by atoms with Crippen LogP contribution in [0.1, 0.15) is 31.2 Å². The first-order chi connectivity index (χ1) is 12.7. The topological polar surface area (TPSA) is 61.4 Å². The van der Waals surface area contributed by atoms with E-state index in [1.165, 1.54) is 18.9 Å². The van der Waals surface area contributed by atoms with Crippen molar-refractivity contribution in [1.82, 2.24) is 4.90 Å². The van der Waals surface area contributed by atoms with Gasteiger partial charge in [0.05, 0.1) is 0 Å². The first-order valence-electron chi connectivity index (χ1n) is 8.88. The molecule has 1 fully saturated rings. The van der Waals surface area contributed by atoms with Gasteiger partial charge in [0.15, 0.2) is 0 Å². The number of benzene rings is 1. The molecule has 136 valence electrons. The molecule has 0 unspecified atom stereocenters. The lowest BCUT2D eigenvalue weighted by Crippen LogP contribution is -2.35. The second-order valence-electron chi connectivity index (χ2n) is 6.29. The van der Waals surface area contributed by atoms with Gasteiger partial charge in [-0.3, -0.25) is 4.79 Å². The van der Waals surface area contributed by atoms with Gasteiger partial charge >= 0.3 is 6.03 Å². The van der Waals surface area contributed by atoms with Crippen LogP contribution in [0, 0.1) is 0 Å². The molecule has 0 radical (unpaired) electrons. The largest absolute Gasteiger partial charge is 0.325 e. The van der Waals surface area contributed by atoms with Crippen molar-refractivity contribution in [2.45, 2.75) is 25.7 Å². The van der Waals surface area contributed by atoms with E-state index < -0.39 is 0 Å². The van der Waals surface area contributed by atoms with Gasteiger partial charge in [0.25, 0.3) is 0 Å². The lowest BCUT2D eigenvalue weighted by atomic mass is 10.2.